The first kappa shape index (κ1) is 13.0. The zero-order chi connectivity index (χ0) is 12.1. The summed E-state index contributed by atoms with van der Waals surface area (Å²) in [6, 6.07) is -0.718. The predicted octanol–water partition coefficient (Wildman–Crippen LogP) is -0.0693. The van der Waals surface area contributed by atoms with E-state index in [1.54, 1.807) is 6.92 Å². The summed E-state index contributed by atoms with van der Waals surface area (Å²) in [5.74, 6) is -0.465. The molecule has 0 aliphatic heterocycles. The molecule has 1 aliphatic carbocycles. The molecule has 1 aliphatic rings. The van der Waals surface area contributed by atoms with Gasteiger partial charge in [0.25, 0.3) is 0 Å². The highest BCUT2D eigenvalue weighted by molar-refractivity contribution is 5.86. The van der Waals surface area contributed by atoms with Crippen LogP contribution in [0.5, 0.6) is 0 Å². The van der Waals surface area contributed by atoms with Crippen molar-refractivity contribution in [2.45, 2.75) is 57.7 Å². The smallest absolute Gasteiger partial charge is 0.242 e. The van der Waals surface area contributed by atoms with Crippen LogP contribution in [0.2, 0.25) is 0 Å². The third kappa shape index (κ3) is 3.81. The van der Waals surface area contributed by atoms with E-state index in [2.05, 4.69) is 10.6 Å². The summed E-state index contributed by atoms with van der Waals surface area (Å²) >= 11 is 0. The van der Waals surface area contributed by atoms with Crippen molar-refractivity contribution < 1.29 is 14.7 Å². The van der Waals surface area contributed by atoms with Gasteiger partial charge in [-0.25, -0.2) is 0 Å². The summed E-state index contributed by atoms with van der Waals surface area (Å²) in [5, 5.41) is 15.0. The van der Waals surface area contributed by atoms with E-state index in [1.165, 1.54) is 6.92 Å². The van der Waals surface area contributed by atoms with Crippen molar-refractivity contribution in [3.8, 4) is 0 Å². The Morgan fingerprint density at radius 1 is 1.31 bits per heavy atom. The van der Waals surface area contributed by atoms with Gasteiger partial charge in [-0.2, -0.15) is 0 Å². The van der Waals surface area contributed by atoms with Crippen LogP contribution in [0.25, 0.3) is 0 Å². The maximum Gasteiger partial charge on any atom is 0.242 e. The molecule has 1 rings (SSSR count). The molecule has 16 heavy (non-hydrogen) atoms. The van der Waals surface area contributed by atoms with E-state index in [4.69, 9.17) is 0 Å². The molecule has 0 aromatic carbocycles. The lowest BCUT2D eigenvalue weighted by Crippen LogP contribution is -2.51. The lowest BCUT2D eigenvalue weighted by atomic mass is 9.92. The van der Waals surface area contributed by atoms with Crippen LogP contribution >= 0.6 is 0 Å². The molecule has 3 N–H and O–H groups in total. The van der Waals surface area contributed by atoms with E-state index < -0.39 is 12.1 Å². The van der Waals surface area contributed by atoms with Gasteiger partial charge in [0.05, 0.1) is 12.1 Å². The van der Waals surface area contributed by atoms with E-state index in [0.29, 0.717) is 0 Å². The minimum atomic E-state index is -0.549. The second-order valence-electron chi connectivity index (χ2n) is 4.39. The molecule has 0 aromatic heterocycles. The average molecular weight is 228 g/mol. The zero-order valence-corrected chi connectivity index (χ0v) is 9.82. The molecule has 5 heteroatoms. The molecule has 0 radical (unpaired) electrons. The number of aliphatic hydroxyl groups is 1. The van der Waals surface area contributed by atoms with Crippen LogP contribution in [-0.2, 0) is 9.59 Å². The van der Waals surface area contributed by atoms with Crippen molar-refractivity contribution in [3.05, 3.63) is 0 Å². The van der Waals surface area contributed by atoms with E-state index in [1.807, 2.05) is 0 Å². The Labute approximate surface area is 95.6 Å². The molecule has 0 spiro atoms. The van der Waals surface area contributed by atoms with Gasteiger partial charge in [-0.1, -0.05) is 12.8 Å². The summed E-state index contributed by atoms with van der Waals surface area (Å²) in [6.07, 6.45) is 3.12. The minimum Gasteiger partial charge on any atom is -0.391 e. The summed E-state index contributed by atoms with van der Waals surface area (Å²) in [4.78, 5) is 22.4. The Morgan fingerprint density at radius 3 is 2.50 bits per heavy atom. The van der Waals surface area contributed by atoms with Gasteiger partial charge in [0.15, 0.2) is 0 Å². The van der Waals surface area contributed by atoms with Crippen LogP contribution in [0.3, 0.4) is 0 Å². The Morgan fingerprint density at radius 2 is 1.94 bits per heavy atom. The Bertz CT molecular complexity index is 268. The molecule has 2 amide bonds. The van der Waals surface area contributed by atoms with Crippen molar-refractivity contribution in [2.24, 2.45) is 0 Å². The van der Waals surface area contributed by atoms with E-state index >= 15 is 0 Å². The Kier molecular flexibility index (Phi) is 4.73. The molecule has 1 fully saturated rings. The highest BCUT2D eigenvalue weighted by Crippen LogP contribution is 2.18. The maximum absolute atomic E-state index is 11.7. The maximum atomic E-state index is 11.7. The van der Waals surface area contributed by atoms with Gasteiger partial charge in [0.1, 0.15) is 6.04 Å². The van der Waals surface area contributed by atoms with Crippen LogP contribution in [-0.4, -0.2) is 35.1 Å². The molecular formula is C11H20N2O3. The fourth-order valence-corrected chi connectivity index (χ4v) is 1.96. The Balaban J connectivity index is 2.40. The van der Waals surface area contributed by atoms with Crippen LogP contribution < -0.4 is 10.6 Å². The summed E-state index contributed by atoms with van der Waals surface area (Å²) in [5.41, 5.74) is 0. The number of carbonyl (C=O) groups excluding carboxylic acids is 2. The summed E-state index contributed by atoms with van der Waals surface area (Å²) in [7, 11) is 0. The number of amides is 2. The van der Waals surface area contributed by atoms with E-state index in [0.717, 1.165) is 25.7 Å². The lowest BCUT2D eigenvalue weighted by Gasteiger charge is -2.29. The van der Waals surface area contributed by atoms with Gasteiger partial charge in [0, 0.05) is 6.92 Å². The topological polar surface area (TPSA) is 78.4 Å². The molecule has 0 heterocycles. The molecule has 3 atom stereocenters. The van der Waals surface area contributed by atoms with Crippen molar-refractivity contribution in [2.75, 3.05) is 0 Å². The minimum absolute atomic E-state index is 0.169. The first-order chi connectivity index (χ1) is 7.50. The van der Waals surface area contributed by atoms with Crippen LogP contribution in [0.15, 0.2) is 0 Å². The summed E-state index contributed by atoms with van der Waals surface area (Å²) in [6.45, 7) is 3.01. The van der Waals surface area contributed by atoms with Gasteiger partial charge in [-0.15, -0.1) is 0 Å². The van der Waals surface area contributed by atoms with Gasteiger partial charge in [0.2, 0.25) is 11.8 Å². The lowest BCUT2D eigenvalue weighted by molar-refractivity contribution is -0.128. The van der Waals surface area contributed by atoms with Crippen molar-refractivity contribution in [1.29, 1.82) is 0 Å². The fourth-order valence-electron chi connectivity index (χ4n) is 1.96. The largest absolute Gasteiger partial charge is 0.391 e. The Hall–Kier alpha value is -1.10. The molecular weight excluding hydrogens is 208 g/mol. The normalized spacial score (nSPS) is 26.9. The number of hydrogen-bond donors (Lipinski definition) is 3. The third-order valence-corrected chi connectivity index (χ3v) is 2.87. The number of carbonyl (C=O) groups is 2. The average Bonchev–Trinajstić information content (AvgIpc) is 2.20. The van der Waals surface area contributed by atoms with Crippen LogP contribution in [0.1, 0.15) is 39.5 Å². The first-order valence-corrected chi connectivity index (χ1v) is 5.76. The van der Waals surface area contributed by atoms with Crippen LogP contribution in [0, 0.1) is 0 Å². The molecule has 0 aromatic rings. The molecule has 1 unspecified atom stereocenters. The van der Waals surface area contributed by atoms with Crippen LogP contribution in [0.4, 0.5) is 0 Å². The molecule has 1 saturated carbocycles. The second-order valence-corrected chi connectivity index (χ2v) is 4.39. The standard InChI is InChI=1S/C11H20N2O3/c1-7(12-8(2)14)11(16)13-9-5-3-4-6-10(9)15/h7,9-10,15H,3-6H2,1-2H3,(H,12,14)(H,13,16)/t7?,9-,10-/m0/s1. The summed E-state index contributed by atoms with van der Waals surface area (Å²) < 4.78 is 0. The first-order valence-electron chi connectivity index (χ1n) is 5.76. The fraction of sp³-hybridized carbons (Fsp3) is 0.818. The van der Waals surface area contributed by atoms with Crippen molar-refractivity contribution >= 4 is 11.8 Å². The quantitative estimate of drug-likeness (QED) is 0.632. The predicted molar refractivity (Wildman–Crippen MR) is 59.7 cm³/mol. The van der Waals surface area contributed by atoms with Gasteiger partial charge < -0.3 is 15.7 Å². The van der Waals surface area contributed by atoms with Crippen molar-refractivity contribution in [1.82, 2.24) is 10.6 Å². The molecule has 5 nitrogen and oxygen atoms in total. The molecule has 0 saturated heterocycles. The highest BCUT2D eigenvalue weighted by Gasteiger charge is 2.26. The molecule has 0 bridgehead atoms. The zero-order valence-electron chi connectivity index (χ0n) is 9.82. The number of hydrogen-bond acceptors (Lipinski definition) is 3. The molecule has 92 valence electrons. The van der Waals surface area contributed by atoms with Gasteiger partial charge in [-0.05, 0) is 19.8 Å². The second kappa shape index (κ2) is 5.84. The third-order valence-electron chi connectivity index (χ3n) is 2.87. The highest BCUT2D eigenvalue weighted by atomic mass is 16.3. The number of rotatable bonds is 3. The van der Waals surface area contributed by atoms with E-state index in [-0.39, 0.29) is 17.9 Å². The SMILES string of the molecule is CC(=O)NC(C)C(=O)N[C@H]1CCCC[C@@H]1O. The van der Waals surface area contributed by atoms with Crippen molar-refractivity contribution in [3.63, 3.8) is 0 Å². The van der Waals surface area contributed by atoms with Gasteiger partial charge in [-0.3, -0.25) is 9.59 Å². The van der Waals surface area contributed by atoms with Gasteiger partial charge >= 0.3 is 0 Å². The van der Waals surface area contributed by atoms with E-state index in [9.17, 15) is 14.7 Å². The number of aliphatic hydroxyl groups excluding tert-OH is 1. The monoisotopic (exact) mass is 228 g/mol. The number of nitrogens with one attached hydrogen (secondary N) is 2.